The molecule has 2 aliphatic rings. The fourth-order valence-corrected chi connectivity index (χ4v) is 5.32. The van der Waals surface area contributed by atoms with Gasteiger partial charge in [-0.1, -0.05) is 24.3 Å². The number of nitrogens with zero attached hydrogens (tertiary/aromatic N) is 1. The number of ether oxygens (including phenoxy) is 1. The van der Waals surface area contributed by atoms with Crippen molar-refractivity contribution in [1.82, 2.24) is 10.2 Å². The van der Waals surface area contributed by atoms with Gasteiger partial charge in [0.25, 0.3) is 15.9 Å². The van der Waals surface area contributed by atoms with Crippen molar-refractivity contribution in [2.75, 3.05) is 31.0 Å². The molecule has 0 radical (unpaired) electrons. The van der Waals surface area contributed by atoms with Gasteiger partial charge < -0.3 is 15.0 Å². The number of hydrogen-bond donors (Lipinski definition) is 2. The van der Waals surface area contributed by atoms with E-state index in [9.17, 15) is 18.0 Å². The number of piperidine rings is 1. The molecule has 8 nitrogen and oxygen atoms in total. The molecule has 9 heteroatoms. The minimum absolute atomic E-state index is 0.0487. The van der Waals surface area contributed by atoms with Crippen molar-refractivity contribution < 1.29 is 22.7 Å². The van der Waals surface area contributed by atoms with Crippen LogP contribution < -0.4 is 10.0 Å². The maximum Gasteiger partial charge on any atom is 0.261 e. The molecule has 0 aliphatic carbocycles. The summed E-state index contributed by atoms with van der Waals surface area (Å²) in [5.74, 6) is -0.524. The highest BCUT2D eigenvalue weighted by Crippen LogP contribution is 2.22. The van der Waals surface area contributed by atoms with Gasteiger partial charge in [-0.2, -0.15) is 0 Å². The monoisotopic (exact) mass is 471 g/mol. The first-order chi connectivity index (χ1) is 15.9. The molecule has 0 unspecified atom stereocenters. The smallest absolute Gasteiger partial charge is 0.261 e. The molecule has 0 spiro atoms. The van der Waals surface area contributed by atoms with E-state index in [1.807, 2.05) is 0 Å². The van der Waals surface area contributed by atoms with E-state index in [1.54, 1.807) is 41.3 Å². The number of benzene rings is 2. The van der Waals surface area contributed by atoms with Crippen LogP contribution in [0.5, 0.6) is 0 Å². The number of anilines is 1. The highest BCUT2D eigenvalue weighted by atomic mass is 32.2. The predicted molar refractivity (Wildman–Crippen MR) is 124 cm³/mol. The van der Waals surface area contributed by atoms with Crippen LogP contribution in [0.3, 0.4) is 0 Å². The van der Waals surface area contributed by atoms with Crippen molar-refractivity contribution in [3.63, 3.8) is 0 Å². The SMILES string of the molecule is O=C(NC[C@H]1CCCO1)[C@@H]1CCCN(C(=O)c2cccc(NS(=O)(=O)c3ccccc3)c2)C1. The first-order valence-corrected chi connectivity index (χ1v) is 12.8. The molecular weight excluding hydrogens is 442 g/mol. The van der Waals surface area contributed by atoms with Crippen LogP contribution in [-0.4, -0.2) is 57.5 Å². The molecule has 2 aliphatic heterocycles. The number of nitrogens with one attached hydrogen (secondary N) is 2. The van der Waals surface area contributed by atoms with Gasteiger partial charge in [-0.25, -0.2) is 8.42 Å². The molecule has 33 heavy (non-hydrogen) atoms. The van der Waals surface area contributed by atoms with Crippen LogP contribution in [0, 0.1) is 5.92 Å². The van der Waals surface area contributed by atoms with E-state index >= 15 is 0 Å². The normalized spacial score (nSPS) is 20.9. The molecule has 2 fully saturated rings. The zero-order chi connectivity index (χ0) is 23.3. The molecule has 2 aromatic carbocycles. The van der Waals surface area contributed by atoms with E-state index in [1.165, 1.54) is 18.2 Å². The Morgan fingerprint density at radius 1 is 1.03 bits per heavy atom. The van der Waals surface area contributed by atoms with Crippen molar-refractivity contribution in [3.8, 4) is 0 Å². The van der Waals surface area contributed by atoms with Gasteiger partial charge >= 0.3 is 0 Å². The number of rotatable bonds is 7. The van der Waals surface area contributed by atoms with Crippen molar-refractivity contribution in [2.24, 2.45) is 5.92 Å². The Morgan fingerprint density at radius 3 is 2.61 bits per heavy atom. The molecule has 2 aromatic rings. The van der Waals surface area contributed by atoms with Gasteiger partial charge in [0.2, 0.25) is 5.91 Å². The summed E-state index contributed by atoms with van der Waals surface area (Å²) in [4.78, 5) is 27.6. The number of amides is 2. The van der Waals surface area contributed by atoms with Gasteiger partial charge in [0, 0.05) is 37.5 Å². The van der Waals surface area contributed by atoms with Crippen LogP contribution in [0.1, 0.15) is 36.0 Å². The van der Waals surface area contributed by atoms with Gasteiger partial charge in [0.1, 0.15) is 0 Å². The van der Waals surface area contributed by atoms with Crippen LogP contribution in [0.2, 0.25) is 0 Å². The summed E-state index contributed by atoms with van der Waals surface area (Å²) in [6.45, 7) is 2.16. The lowest BCUT2D eigenvalue weighted by Gasteiger charge is -2.32. The number of carbonyl (C=O) groups excluding carboxylic acids is 2. The summed E-state index contributed by atoms with van der Waals surface area (Å²) < 4.78 is 33.3. The van der Waals surface area contributed by atoms with Crippen molar-refractivity contribution >= 4 is 27.5 Å². The first kappa shape index (κ1) is 23.3. The third kappa shape index (κ3) is 5.91. The van der Waals surface area contributed by atoms with Crippen molar-refractivity contribution in [1.29, 1.82) is 0 Å². The molecule has 2 N–H and O–H groups in total. The maximum absolute atomic E-state index is 13.1. The minimum Gasteiger partial charge on any atom is -0.376 e. The van der Waals surface area contributed by atoms with E-state index in [0.29, 0.717) is 30.9 Å². The van der Waals surface area contributed by atoms with E-state index in [-0.39, 0.29) is 28.7 Å². The molecule has 0 saturated carbocycles. The second-order valence-electron chi connectivity index (χ2n) is 8.47. The highest BCUT2D eigenvalue weighted by Gasteiger charge is 2.29. The zero-order valence-electron chi connectivity index (χ0n) is 18.4. The Morgan fingerprint density at radius 2 is 1.85 bits per heavy atom. The van der Waals surface area contributed by atoms with Crippen molar-refractivity contribution in [3.05, 3.63) is 60.2 Å². The number of sulfonamides is 1. The Balaban J connectivity index is 1.38. The highest BCUT2D eigenvalue weighted by molar-refractivity contribution is 7.92. The molecule has 0 bridgehead atoms. The standard InChI is InChI=1S/C24H29N3O5S/c28-23(25-16-21-10-6-14-32-21)19-8-5-13-27(17-19)24(29)18-7-4-9-20(15-18)26-33(30,31)22-11-2-1-3-12-22/h1-4,7,9,11-12,15,19,21,26H,5-6,8,10,13-14,16-17H2,(H,25,28)/t19-,21-/m1/s1. The van der Waals surface area contributed by atoms with Gasteiger partial charge in [-0.15, -0.1) is 0 Å². The van der Waals surface area contributed by atoms with Gasteiger partial charge in [-0.3, -0.25) is 14.3 Å². The summed E-state index contributed by atoms with van der Waals surface area (Å²) in [6.07, 6.45) is 3.53. The molecular formula is C24H29N3O5S. The zero-order valence-corrected chi connectivity index (χ0v) is 19.2. The summed E-state index contributed by atoms with van der Waals surface area (Å²) >= 11 is 0. The van der Waals surface area contributed by atoms with Crippen LogP contribution in [0.25, 0.3) is 0 Å². The summed E-state index contributed by atoms with van der Waals surface area (Å²) in [6, 6.07) is 14.5. The Hall–Kier alpha value is -2.91. The average molecular weight is 472 g/mol. The third-order valence-corrected chi connectivity index (χ3v) is 7.42. The maximum atomic E-state index is 13.1. The Labute approximate surface area is 194 Å². The number of likely N-dealkylation sites (tertiary alicyclic amines) is 1. The molecule has 2 atom stereocenters. The van der Waals surface area contributed by atoms with Crippen LogP contribution in [0.15, 0.2) is 59.5 Å². The second-order valence-corrected chi connectivity index (χ2v) is 10.2. The quantitative estimate of drug-likeness (QED) is 0.646. The lowest BCUT2D eigenvalue weighted by atomic mass is 9.96. The third-order valence-electron chi connectivity index (χ3n) is 6.02. The van der Waals surface area contributed by atoms with Crippen molar-refractivity contribution in [2.45, 2.75) is 36.7 Å². The molecule has 0 aromatic heterocycles. The first-order valence-electron chi connectivity index (χ1n) is 11.3. The molecule has 2 heterocycles. The fourth-order valence-electron chi connectivity index (χ4n) is 4.25. The van der Waals surface area contributed by atoms with Gasteiger partial charge in [-0.05, 0) is 56.0 Å². The van der Waals surface area contributed by atoms with Crippen LogP contribution in [-0.2, 0) is 19.6 Å². The molecule has 2 saturated heterocycles. The van der Waals surface area contributed by atoms with E-state index < -0.39 is 10.0 Å². The predicted octanol–water partition coefficient (Wildman–Crippen LogP) is 2.63. The topological polar surface area (TPSA) is 105 Å². The number of carbonyl (C=O) groups is 2. The van der Waals surface area contributed by atoms with Gasteiger partial charge in [0.15, 0.2) is 0 Å². The summed E-state index contributed by atoms with van der Waals surface area (Å²) in [5.41, 5.74) is 0.691. The van der Waals surface area contributed by atoms with Crippen LogP contribution >= 0.6 is 0 Å². The minimum atomic E-state index is -3.75. The largest absolute Gasteiger partial charge is 0.376 e. The molecule has 4 rings (SSSR count). The second kappa shape index (κ2) is 10.4. The number of hydrogen-bond acceptors (Lipinski definition) is 5. The Bertz CT molecular complexity index is 1080. The summed E-state index contributed by atoms with van der Waals surface area (Å²) in [7, 11) is -3.75. The lowest BCUT2D eigenvalue weighted by Crippen LogP contribution is -2.46. The fraction of sp³-hybridized carbons (Fsp3) is 0.417. The summed E-state index contributed by atoms with van der Waals surface area (Å²) in [5, 5.41) is 2.97. The van der Waals surface area contributed by atoms with Gasteiger partial charge in [0.05, 0.1) is 16.9 Å². The van der Waals surface area contributed by atoms with E-state index in [0.717, 1.165) is 32.3 Å². The lowest BCUT2D eigenvalue weighted by molar-refractivity contribution is -0.126. The average Bonchev–Trinajstić information content (AvgIpc) is 3.36. The Kier molecular flexibility index (Phi) is 7.29. The molecule has 176 valence electrons. The molecule has 2 amide bonds. The van der Waals surface area contributed by atoms with E-state index in [2.05, 4.69) is 10.0 Å². The van der Waals surface area contributed by atoms with E-state index in [4.69, 9.17) is 4.74 Å². The van der Waals surface area contributed by atoms with Crippen LogP contribution in [0.4, 0.5) is 5.69 Å².